The Balaban J connectivity index is 1.83. The standard InChI is InChI=1S/C19H23ClN2O2/c1-3-17(24-18-12-8-7-11-16(18)20)19(23)21-13-14-22(2)15-9-5-4-6-10-15/h4-12,17H,3,13-14H2,1-2H3,(H,21,23). The van der Waals surface area contributed by atoms with Gasteiger partial charge in [0.2, 0.25) is 0 Å². The maximum Gasteiger partial charge on any atom is 0.261 e. The van der Waals surface area contributed by atoms with Crippen molar-refractivity contribution in [1.82, 2.24) is 5.32 Å². The quantitative estimate of drug-likeness (QED) is 0.791. The zero-order valence-corrected chi connectivity index (χ0v) is 14.8. The maximum atomic E-state index is 12.3. The summed E-state index contributed by atoms with van der Waals surface area (Å²) in [6.45, 7) is 3.18. The third-order valence-electron chi connectivity index (χ3n) is 3.71. The van der Waals surface area contributed by atoms with Gasteiger partial charge in [0, 0.05) is 25.8 Å². The molecule has 0 spiro atoms. The van der Waals surface area contributed by atoms with Gasteiger partial charge in [0.25, 0.3) is 5.91 Å². The van der Waals surface area contributed by atoms with Crippen molar-refractivity contribution in [3.8, 4) is 5.75 Å². The van der Waals surface area contributed by atoms with Gasteiger partial charge in [0.1, 0.15) is 5.75 Å². The fourth-order valence-electron chi connectivity index (χ4n) is 2.29. The second kappa shape index (κ2) is 9.18. The summed E-state index contributed by atoms with van der Waals surface area (Å²) >= 11 is 6.08. The van der Waals surface area contributed by atoms with Crippen molar-refractivity contribution < 1.29 is 9.53 Å². The van der Waals surface area contributed by atoms with Crippen molar-refractivity contribution in [2.45, 2.75) is 19.4 Å². The van der Waals surface area contributed by atoms with Gasteiger partial charge in [-0.05, 0) is 30.7 Å². The number of likely N-dealkylation sites (N-methyl/N-ethyl adjacent to an activating group) is 1. The highest BCUT2D eigenvalue weighted by Crippen LogP contribution is 2.24. The first-order chi connectivity index (χ1) is 11.6. The van der Waals surface area contributed by atoms with Gasteiger partial charge in [-0.3, -0.25) is 4.79 Å². The number of nitrogens with one attached hydrogen (secondary N) is 1. The molecule has 1 amide bonds. The predicted molar refractivity (Wildman–Crippen MR) is 98.9 cm³/mol. The van der Waals surface area contributed by atoms with Crippen LogP contribution in [0.1, 0.15) is 13.3 Å². The average molecular weight is 347 g/mol. The van der Waals surface area contributed by atoms with Crippen molar-refractivity contribution in [3.05, 3.63) is 59.6 Å². The molecule has 2 aromatic rings. The van der Waals surface area contributed by atoms with Crippen LogP contribution in [0.5, 0.6) is 5.75 Å². The molecule has 1 atom stereocenters. The minimum atomic E-state index is -0.549. The molecule has 1 unspecified atom stereocenters. The molecule has 0 heterocycles. The fourth-order valence-corrected chi connectivity index (χ4v) is 2.47. The lowest BCUT2D eigenvalue weighted by atomic mass is 10.2. The molecule has 5 heteroatoms. The van der Waals surface area contributed by atoms with Gasteiger partial charge in [0.05, 0.1) is 5.02 Å². The number of carbonyl (C=O) groups is 1. The minimum Gasteiger partial charge on any atom is -0.479 e. The van der Waals surface area contributed by atoms with Crippen molar-refractivity contribution in [2.75, 3.05) is 25.0 Å². The summed E-state index contributed by atoms with van der Waals surface area (Å²) in [5, 5.41) is 3.43. The van der Waals surface area contributed by atoms with E-state index in [1.807, 2.05) is 56.4 Å². The van der Waals surface area contributed by atoms with E-state index in [2.05, 4.69) is 10.2 Å². The molecular weight excluding hydrogens is 324 g/mol. The van der Waals surface area contributed by atoms with Crippen LogP contribution in [0.25, 0.3) is 0 Å². The van der Waals surface area contributed by atoms with Crippen LogP contribution >= 0.6 is 11.6 Å². The Labute approximate surface area is 148 Å². The topological polar surface area (TPSA) is 41.6 Å². The number of amides is 1. The van der Waals surface area contributed by atoms with Crippen LogP contribution in [0.4, 0.5) is 5.69 Å². The lowest BCUT2D eigenvalue weighted by molar-refractivity contribution is -0.128. The molecule has 0 saturated carbocycles. The molecule has 128 valence electrons. The fraction of sp³-hybridized carbons (Fsp3) is 0.316. The van der Waals surface area contributed by atoms with Crippen LogP contribution in [0, 0.1) is 0 Å². The van der Waals surface area contributed by atoms with E-state index in [0.29, 0.717) is 23.7 Å². The zero-order valence-electron chi connectivity index (χ0n) is 14.0. The highest BCUT2D eigenvalue weighted by Gasteiger charge is 2.19. The average Bonchev–Trinajstić information content (AvgIpc) is 2.61. The number of ether oxygens (including phenoxy) is 1. The summed E-state index contributed by atoms with van der Waals surface area (Å²) in [7, 11) is 2.00. The van der Waals surface area contributed by atoms with Crippen LogP contribution in [0.3, 0.4) is 0 Å². The number of rotatable bonds is 8. The molecule has 0 radical (unpaired) electrons. The maximum absolute atomic E-state index is 12.3. The smallest absolute Gasteiger partial charge is 0.261 e. The normalized spacial score (nSPS) is 11.6. The number of para-hydroxylation sites is 2. The Morgan fingerprint density at radius 2 is 1.83 bits per heavy atom. The third-order valence-corrected chi connectivity index (χ3v) is 4.02. The zero-order chi connectivity index (χ0) is 17.4. The summed E-state index contributed by atoms with van der Waals surface area (Å²) in [5.74, 6) is 0.404. The Kier molecular flexibility index (Phi) is 6.94. The van der Waals surface area contributed by atoms with Gasteiger partial charge in [0.15, 0.2) is 6.10 Å². The Morgan fingerprint density at radius 1 is 1.17 bits per heavy atom. The molecule has 0 saturated heterocycles. The van der Waals surface area contributed by atoms with E-state index in [1.54, 1.807) is 12.1 Å². The summed E-state index contributed by atoms with van der Waals surface area (Å²) in [6.07, 6.45) is 0.0258. The van der Waals surface area contributed by atoms with Crippen LogP contribution in [0.2, 0.25) is 5.02 Å². The molecule has 24 heavy (non-hydrogen) atoms. The van der Waals surface area contributed by atoms with Gasteiger partial charge in [-0.2, -0.15) is 0 Å². The van der Waals surface area contributed by atoms with Crippen molar-refractivity contribution in [1.29, 1.82) is 0 Å². The first-order valence-electron chi connectivity index (χ1n) is 8.07. The molecule has 0 aromatic heterocycles. The number of halogens is 1. The van der Waals surface area contributed by atoms with E-state index >= 15 is 0 Å². The van der Waals surface area contributed by atoms with Gasteiger partial charge in [-0.15, -0.1) is 0 Å². The highest BCUT2D eigenvalue weighted by molar-refractivity contribution is 6.32. The van der Waals surface area contributed by atoms with Gasteiger partial charge >= 0.3 is 0 Å². The molecule has 0 bridgehead atoms. The molecule has 0 fully saturated rings. The number of hydrogen-bond acceptors (Lipinski definition) is 3. The van der Waals surface area contributed by atoms with Gasteiger partial charge in [-0.1, -0.05) is 48.9 Å². The van der Waals surface area contributed by atoms with Gasteiger partial charge in [-0.25, -0.2) is 0 Å². The van der Waals surface area contributed by atoms with Gasteiger partial charge < -0.3 is 15.0 Å². The lowest BCUT2D eigenvalue weighted by Gasteiger charge is -2.21. The first-order valence-corrected chi connectivity index (χ1v) is 8.44. The number of nitrogens with zero attached hydrogens (tertiary/aromatic N) is 1. The van der Waals surface area contributed by atoms with E-state index in [4.69, 9.17) is 16.3 Å². The minimum absolute atomic E-state index is 0.126. The van der Waals surface area contributed by atoms with E-state index in [9.17, 15) is 4.79 Å². The van der Waals surface area contributed by atoms with E-state index < -0.39 is 6.10 Å². The molecule has 1 N–H and O–H groups in total. The summed E-state index contributed by atoms with van der Waals surface area (Å²) in [6, 6.07) is 17.2. The Hall–Kier alpha value is -2.20. The number of benzene rings is 2. The van der Waals surface area contributed by atoms with Crippen molar-refractivity contribution in [2.24, 2.45) is 0 Å². The largest absolute Gasteiger partial charge is 0.479 e. The van der Waals surface area contributed by atoms with Crippen LogP contribution in [-0.2, 0) is 4.79 Å². The van der Waals surface area contributed by atoms with E-state index in [-0.39, 0.29) is 5.91 Å². The summed E-state index contributed by atoms with van der Waals surface area (Å²) < 4.78 is 5.74. The first kappa shape index (κ1) is 18.1. The Bertz CT molecular complexity index is 649. The second-order valence-corrected chi connectivity index (χ2v) is 5.90. The monoisotopic (exact) mass is 346 g/mol. The summed E-state index contributed by atoms with van der Waals surface area (Å²) in [5.41, 5.74) is 1.12. The van der Waals surface area contributed by atoms with E-state index in [1.165, 1.54) is 0 Å². The summed E-state index contributed by atoms with van der Waals surface area (Å²) in [4.78, 5) is 14.4. The van der Waals surface area contributed by atoms with Crippen LogP contribution < -0.4 is 15.0 Å². The van der Waals surface area contributed by atoms with Crippen LogP contribution in [0.15, 0.2) is 54.6 Å². The third kappa shape index (κ3) is 5.17. The molecule has 0 aliphatic rings. The highest BCUT2D eigenvalue weighted by atomic mass is 35.5. The number of anilines is 1. The molecule has 0 aliphatic heterocycles. The SMILES string of the molecule is CCC(Oc1ccccc1Cl)C(=O)NCCN(C)c1ccccc1. The lowest BCUT2D eigenvalue weighted by Crippen LogP contribution is -2.41. The molecule has 0 aliphatic carbocycles. The van der Waals surface area contributed by atoms with Crippen molar-refractivity contribution >= 4 is 23.2 Å². The molecular formula is C19H23ClN2O2. The molecule has 2 aromatic carbocycles. The molecule has 2 rings (SSSR count). The Morgan fingerprint density at radius 3 is 2.50 bits per heavy atom. The predicted octanol–water partition coefficient (Wildman–Crippen LogP) is 3.75. The van der Waals surface area contributed by atoms with Crippen molar-refractivity contribution in [3.63, 3.8) is 0 Å². The molecule has 4 nitrogen and oxygen atoms in total. The number of hydrogen-bond donors (Lipinski definition) is 1. The second-order valence-electron chi connectivity index (χ2n) is 5.49. The van der Waals surface area contributed by atoms with E-state index in [0.717, 1.165) is 12.2 Å². The number of carbonyl (C=O) groups excluding carboxylic acids is 1. The van der Waals surface area contributed by atoms with Crippen LogP contribution in [-0.4, -0.2) is 32.1 Å².